The Kier molecular flexibility index (Phi) is 5.13. The molecule has 7 heteroatoms. The molecule has 2 atom stereocenters. The Morgan fingerprint density at radius 3 is 2.38 bits per heavy atom. The third kappa shape index (κ3) is 4.17. The number of amides is 2. The zero-order chi connectivity index (χ0) is 15.2. The van der Waals surface area contributed by atoms with Gasteiger partial charge in [-0.25, -0.2) is 4.79 Å². The number of benzene rings is 1. The molecule has 114 valence electrons. The summed E-state index contributed by atoms with van der Waals surface area (Å²) in [6.07, 6.45) is 0.449. The van der Waals surface area contributed by atoms with Gasteiger partial charge in [-0.05, 0) is 37.1 Å². The maximum Gasteiger partial charge on any atom is 0.411 e. The highest BCUT2D eigenvalue weighted by atomic mass is 16.5. The molecule has 1 aromatic carbocycles. The van der Waals surface area contributed by atoms with Crippen molar-refractivity contribution in [2.45, 2.75) is 25.0 Å². The normalized spacial score (nSPS) is 20.9. The first-order valence-electron chi connectivity index (χ1n) is 6.74. The summed E-state index contributed by atoms with van der Waals surface area (Å²) in [4.78, 5) is 23.1. The minimum absolute atomic E-state index is 0.0348. The molecular weight excluding hydrogens is 274 g/mol. The molecule has 1 fully saturated rings. The molecule has 0 saturated carbocycles. The molecule has 1 aliphatic rings. The van der Waals surface area contributed by atoms with E-state index < -0.39 is 12.2 Å². The van der Waals surface area contributed by atoms with E-state index in [1.54, 1.807) is 24.3 Å². The second-order valence-corrected chi connectivity index (χ2v) is 4.74. The second kappa shape index (κ2) is 7.05. The Morgan fingerprint density at radius 2 is 1.86 bits per heavy atom. The summed E-state index contributed by atoms with van der Waals surface area (Å²) in [5, 5.41) is 5.30. The van der Waals surface area contributed by atoms with Crippen LogP contribution in [0.2, 0.25) is 0 Å². The van der Waals surface area contributed by atoms with E-state index in [1.165, 1.54) is 7.11 Å². The Morgan fingerprint density at radius 1 is 1.24 bits per heavy atom. The van der Waals surface area contributed by atoms with Crippen LogP contribution in [0.15, 0.2) is 24.3 Å². The zero-order valence-electron chi connectivity index (χ0n) is 11.8. The number of nitrogens with one attached hydrogen (secondary N) is 2. The van der Waals surface area contributed by atoms with Gasteiger partial charge in [0.15, 0.2) is 0 Å². The monoisotopic (exact) mass is 293 g/mol. The fraction of sp³-hybridized carbons (Fsp3) is 0.429. The summed E-state index contributed by atoms with van der Waals surface area (Å²) < 4.78 is 10.0. The van der Waals surface area contributed by atoms with Gasteiger partial charge >= 0.3 is 6.09 Å². The van der Waals surface area contributed by atoms with Crippen LogP contribution in [0.25, 0.3) is 0 Å². The molecule has 2 amide bonds. The number of methoxy groups -OCH3 is 1. The summed E-state index contributed by atoms with van der Waals surface area (Å²) in [5.74, 6) is -0.181. The molecule has 4 N–H and O–H groups in total. The average Bonchev–Trinajstić information content (AvgIpc) is 2.98. The van der Waals surface area contributed by atoms with Gasteiger partial charge in [0, 0.05) is 17.9 Å². The van der Waals surface area contributed by atoms with Gasteiger partial charge in [-0.15, -0.1) is 0 Å². The van der Waals surface area contributed by atoms with E-state index in [2.05, 4.69) is 15.4 Å². The Hall–Kier alpha value is -2.12. The molecule has 0 spiro atoms. The van der Waals surface area contributed by atoms with Crippen molar-refractivity contribution in [3.05, 3.63) is 24.3 Å². The van der Waals surface area contributed by atoms with Crippen molar-refractivity contribution in [1.82, 2.24) is 0 Å². The second-order valence-electron chi connectivity index (χ2n) is 4.74. The molecule has 0 radical (unpaired) electrons. The van der Waals surface area contributed by atoms with Gasteiger partial charge in [-0.1, -0.05) is 0 Å². The third-order valence-electron chi connectivity index (χ3n) is 3.25. The summed E-state index contributed by atoms with van der Waals surface area (Å²) in [5.41, 5.74) is 6.73. The molecule has 0 aliphatic carbocycles. The highest BCUT2D eigenvalue weighted by Gasteiger charge is 2.29. The van der Waals surface area contributed by atoms with Gasteiger partial charge < -0.3 is 20.5 Å². The number of carbonyl (C=O) groups is 2. The number of rotatable bonds is 4. The van der Waals surface area contributed by atoms with E-state index in [4.69, 9.17) is 10.5 Å². The van der Waals surface area contributed by atoms with E-state index in [0.29, 0.717) is 24.3 Å². The van der Waals surface area contributed by atoms with E-state index >= 15 is 0 Å². The van der Waals surface area contributed by atoms with Gasteiger partial charge in [0.2, 0.25) is 0 Å². The van der Waals surface area contributed by atoms with Crippen molar-refractivity contribution >= 4 is 23.4 Å². The SMILES string of the molecule is COC(=O)Nc1ccc(NC(=O)C2CCC(CN)O2)cc1. The van der Waals surface area contributed by atoms with Crippen molar-refractivity contribution in [2.24, 2.45) is 5.73 Å². The lowest BCUT2D eigenvalue weighted by Crippen LogP contribution is -2.29. The average molecular weight is 293 g/mol. The fourth-order valence-electron chi connectivity index (χ4n) is 2.10. The predicted molar refractivity (Wildman–Crippen MR) is 78.0 cm³/mol. The Labute approximate surface area is 122 Å². The van der Waals surface area contributed by atoms with Gasteiger partial charge in [0.25, 0.3) is 5.91 Å². The van der Waals surface area contributed by atoms with Crippen LogP contribution in [0.4, 0.5) is 16.2 Å². The van der Waals surface area contributed by atoms with E-state index in [9.17, 15) is 9.59 Å². The van der Waals surface area contributed by atoms with Crippen LogP contribution in [-0.2, 0) is 14.3 Å². The molecule has 21 heavy (non-hydrogen) atoms. The summed E-state index contributed by atoms with van der Waals surface area (Å²) in [7, 11) is 1.29. The van der Waals surface area contributed by atoms with Crippen LogP contribution >= 0.6 is 0 Å². The molecule has 1 saturated heterocycles. The van der Waals surface area contributed by atoms with E-state index in [-0.39, 0.29) is 12.0 Å². The first kappa shape index (κ1) is 15.3. The lowest BCUT2D eigenvalue weighted by molar-refractivity contribution is -0.126. The molecule has 0 aromatic heterocycles. The summed E-state index contributed by atoms with van der Waals surface area (Å²) >= 11 is 0. The third-order valence-corrected chi connectivity index (χ3v) is 3.25. The maximum absolute atomic E-state index is 12.0. The highest BCUT2D eigenvalue weighted by molar-refractivity contribution is 5.94. The number of ether oxygens (including phenoxy) is 2. The summed E-state index contributed by atoms with van der Waals surface area (Å²) in [6, 6.07) is 6.73. The first-order chi connectivity index (χ1) is 10.1. The highest BCUT2D eigenvalue weighted by Crippen LogP contribution is 2.21. The van der Waals surface area contributed by atoms with Gasteiger partial charge in [0.1, 0.15) is 6.10 Å². The topological polar surface area (TPSA) is 103 Å². The van der Waals surface area contributed by atoms with Gasteiger partial charge in [-0.3, -0.25) is 10.1 Å². The van der Waals surface area contributed by atoms with Crippen LogP contribution in [0, 0.1) is 0 Å². The molecule has 0 bridgehead atoms. The van der Waals surface area contributed by atoms with Crippen LogP contribution in [0.3, 0.4) is 0 Å². The minimum atomic E-state index is -0.543. The van der Waals surface area contributed by atoms with Crippen molar-refractivity contribution in [3.63, 3.8) is 0 Å². The molecule has 2 rings (SSSR count). The smallest absolute Gasteiger partial charge is 0.411 e. The van der Waals surface area contributed by atoms with E-state index in [1.807, 2.05) is 0 Å². The molecule has 1 aromatic rings. The largest absolute Gasteiger partial charge is 0.453 e. The lowest BCUT2D eigenvalue weighted by atomic mass is 10.2. The van der Waals surface area contributed by atoms with E-state index in [0.717, 1.165) is 6.42 Å². The molecule has 1 aliphatic heterocycles. The van der Waals surface area contributed by atoms with Crippen molar-refractivity contribution in [1.29, 1.82) is 0 Å². The molecule has 7 nitrogen and oxygen atoms in total. The number of hydrogen-bond acceptors (Lipinski definition) is 5. The van der Waals surface area contributed by atoms with Crippen molar-refractivity contribution < 1.29 is 19.1 Å². The quantitative estimate of drug-likeness (QED) is 0.776. The molecule has 1 heterocycles. The van der Waals surface area contributed by atoms with Gasteiger partial charge in [-0.2, -0.15) is 0 Å². The first-order valence-corrected chi connectivity index (χ1v) is 6.74. The van der Waals surface area contributed by atoms with Gasteiger partial charge in [0.05, 0.1) is 13.2 Å². The Balaban J connectivity index is 1.88. The summed E-state index contributed by atoms with van der Waals surface area (Å²) in [6.45, 7) is 0.428. The number of anilines is 2. The Bertz CT molecular complexity index is 503. The van der Waals surface area contributed by atoms with Crippen LogP contribution < -0.4 is 16.4 Å². The van der Waals surface area contributed by atoms with Crippen molar-refractivity contribution in [2.75, 3.05) is 24.3 Å². The molecule has 2 unspecified atom stereocenters. The lowest BCUT2D eigenvalue weighted by Gasteiger charge is -2.13. The van der Waals surface area contributed by atoms with Crippen LogP contribution in [-0.4, -0.2) is 37.9 Å². The molecular formula is C14H19N3O4. The number of hydrogen-bond donors (Lipinski definition) is 3. The predicted octanol–water partition coefficient (Wildman–Crippen LogP) is 1.31. The maximum atomic E-state index is 12.0. The number of nitrogens with two attached hydrogens (primary N) is 1. The zero-order valence-corrected chi connectivity index (χ0v) is 11.8. The van der Waals surface area contributed by atoms with Crippen molar-refractivity contribution in [3.8, 4) is 0 Å². The fourth-order valence-corrected chi connectivity index (χ4v) is 2.10. The standard InChI is InChI=1S/C14H19N3O4/c1-20-14(19)17-10-4-2-9(3-5-10)16-13(18)12-7-6-11(8-15)21-12/h2-5,11-12H,6-8,15H2,1H3,(H,16,18)(H,17,19). The van der Waals surface area contributed by atoms with Crippen LogP contribution in [0.1, 0.15) is 12.8 Å². The van der Waals surface area contributed by atoms with Crippen LogP contribution in [0.5, 0.6) is 0 Å². The number of carbonyl (C=O) groups excluding carboxylic acids is 2. The minimum Gasteiger partial charge on any atom is -0.453 e.